The van der Waals surface area contributed by atoms with E-state index in [2.05, 4.69) is 0 Å². The maximum atomic E-state index is 13.9. The molecule has 2 aromatic carbocycles. The van der Waals surface area contributed by atoms with Gasteiger partial charge in [-0.1, -0.05) is 41.9 Å². The molecule has 4 rings (SSSR count). The van der Waals surface area contributed by atoms with E-state index in [4.69, 9.17) is 16.3 Å². The average Bonchev–Trinajstić information content (AvgIpc) is 3.47. The second-order valence-corrected chi connectivity index (χ2v) is 9.34. The maximum Gasteiger partial charge on any atom is 0.327 e. The minimum Gasteiger partial charge on any atom is -0.480 e. The van der Waals surface area contributed by atoms with Gasteiger partial charge in [0.1, 0.15) is 18.5 Å². The third kappa shape index (κ3) is 4.49. The van der Waals surface area contributed by atoms with Crippen molar-refractivity contribution in [3.05, 3.63) is 92.9 Å². The lowest BCUT2D eigenvalue weighted by Gasteiger charge is -2.30. The van der Waals surface area contributed by atoms with Crippen LogP contribution < -0.4 is 0 Å². The van der Waals surface area contributed by atoms with Gasteiger partial charge >= 0.3 is 5.97 Å². The zero-order valence-electron chi connectivity index (χ0n) is 18.1. The number of hydrogen-bond donors (Lipinski definition) is 1. The summed E-state index contributed by atoms with van der Waals surface area (Å²) >= 11 is 7.30. The van der Waals surface area contributed by atoms with Crippen molar-refractivity contribution in [1.29, 1.82) is 0 Å². The van der Waals surface area contributed by atoms with E-state index in [-0.39, 0.29) is 12.4 Å². The minimum absolute atomic E-state index is 0.289. The van der Waals surface area contributed by atoms with Gasteiger partial charge in [0.15, 0.2) is 5.78 Å². The first-order valence-corrected chi connectivity index (χ1v) is 11.7. The number of hydrogen-bond acceptors (Lipinski definition) is 5. The zero-order valence-corrected chi connectivity index (χ0v) is 19.6. The molecule has 1 aliphatic rings. The Morgan fingerprint density at radius 1 is 1.06 bits per heavy atom. The second-order valence-electron chi connectivity index (χ2n) is 7.96. The van der Waals surface area contributed by atoms with Crippen LogP contribution in [-0.4, -0.2) is 47.4 Å². The lowest BCUT2D eigenvalue weighted by Crippen LogP contribution is -2.45. The normalized spacial score (nSPS) is 22.0. The number of carbonyl (C=O) groups is 3. The SMILES string of the molecule is COCC(=O)N1C(C(=O)O)C(c2ccc(Cl)cc2)C(C(=O)c2cccs2)C1c1ccc(F)cc1. The van der Waals surface area contributed by atoms with Gasteiger partial charge < -0.3 is 14.7 Å². The van der Waals surface area contributed by atoms with Crippen LogP contribution in [0.4, 0.5) is 4.39 Å². The molecule has 6 nitrogen and oxygen atoms in total. The summed E-state index contributed by atoms with van der Waals surface area (Å²) in [7, 11) is 1.33. The maximum absolute atomic E-state index is 13.9. The summed E-state index contributed by atoms with van der Waals surface area (Å²) < 4.78 is 18.8. The topological polar surface area (TPSA) is 83.9 Å². The smallest absolute Gasteiger partial charge is 0.327 e. The number of aliphatic carboxylic acids is 1. The van der Waals surface area contributed by atoms with Crippen LogP contribution in [0.25, 0.3) is 0 Å². The van der Waals surface area contributed by atoms with Crippen molar-refractivity contribution < 1.29 is 28.6 Å². The number of likely N-dealkylation sites (tertiary alicyclic amines) is 1. The highest BCUT2D eigenvalue weighted by Crippen LogP contribution is 2.51. The molecule has 2 heterocycles. The predicted molar refractivity (Wildman–Crippen MR) is 126 cm³/mol. The van der Waals surface area contributed by atoms with Gasteiger partial charge in [0.2, 0.25) is 5.91 Å². The minimum atomic E-state index is -1.35. The molecule has 0 saturated carbocycles. The molecule has 1 amide bonds. The van der Waals surface area contributed by atoms with Gasteiger partial charge in [0.05, 0.1) is 16.8 Å². The quantitative estimate of drug-likeness (QED) is 0.470. The molecule has 4 unspecified atom stereocenters. The number of methoxy groups -OCH3 is 1. The van der Waals surface area contributed by atoms with E-state index in [1.165, 1.54) is 47.6 Å². The number of ether oxygens (including phenoxy) is 1. The molecule has 0 bridgehead atoms. The van der Waals surface area contributed by atoms with Gasteiger partial charge in [-0.15, -0.1) is 11.3 Å². The summed E-state index contributed by atoms with van der Waals surface area (Å²) in [5.74, 6) is -4.42. The number of carboxylic acid groups (broad SMARTS) is 1. The number of benzene rings is 2. The van der Waals surface area contributed by atoms with Crippen molar-refractivity contribution in [2.75, 3.05) is 13.7 Å². The van der Waals surface area contributed by atoms with Crippen LogP contribution in [0.3, 0.4) is 0 Å². The van der Waals surface area contributed by atoms with Crippen LogP contribution in [0.2, 0.25) is 5.02 Å². The molecule has 0 radical (unpaired) electrons. The van der Waals surface area contributed by atoms with E-state index in [9.17, 15) is 23.9 Å². The Morgan fingerprint density at radius 2 is 1.71 bits per heavy atom. The number of amides is 1. The highest BCUT2D eigenvalue weighted by atomic mass is 35.5. The third-order valence-corrected chi connectivity index (χ3v) is 7.15. The van der Waals surface area contributed by atoms with Gasteiger partial charge in [-0.2, -0.15) is 0 Å². The van der Waals surface area contributed by atoms with Crippen LogP contribution in [0.5, 0.6) is 0 Å². The van der Waals surface area contributed by atoms with E-state index in [1.807, 2.05) is 0 Å². The Morgan fingerprint density at radius 3 is 2.26 bits per heavy atom. The van der Waals surface area contributed by atoms with Gasteiger partial charge in [-0.3, -0.25) is 9.59 Å². The van der Waals surface area contributed by atoms with Crippen molar-refractivity contribution in [2.24, 2.45) is 5.92 Å². The predicted octanol–water partition coefficient (Wildman–Crippen LogP) is 4.81. The monoisotopic (exact) mass is 501 g/mol. The fraction of sp³-hybridized carbons (Fsp3) is 0.240. The van der Waals surface area contributed by atoms with Gasteiger partial charge in [-0.05, 0) is 46.8 Å². The van der Waals surface area contributed by atoms with Crippen LogP contribution in [-0.2, 0) is 14.3 Å². The van der Waals surface area contributed by atoms with Crippen LogP contribution >= 0.6 is 22.9 Å². The van der Waals surface area contributed by atoms with Crippen molar-refractivity contribution >= 4 is 40.6 Å². The lowest BCUT2D eigenvalue weighted by molar-refractivity contribution is -0.151. The van der Waals surface area contributed by atoms with E-state index < -0.39 is 41.6 Å². The van der Waals surface area contributed by atoms with Crippen molar-refractivity contribution in [3.8, 4) is 0 Å². The van der Waals surface area contributed by atoms with E-state index in [0.717, 1.165) is 0 Å². The molecule has 1 N–H and O–H groups in total. The fourth-order valence-corrected chi connectivity index (χ4v) is 5.52. The Labute approximate surface area is 204 Å². The van der Waals surface area contributed by atoms with Gasteiger partial charge in [0.25, 0.3) is 0 Å². The molecule has 34 heavy (non-hydrogen) atoms. The molecule has 0 aliphatic carbocycles. The Kier molecular flexibility index (Phi) is 7.11. The number of thiophene rings is 1. The molecule has 9 heteroatoms. The summed E-state index contributed by atoms with van der Waals surface area (Å²) in [5.41, 5.74) is 1.02. The molecular formula is C25H21ClFNO5S. The van der Waals surface area contributed by atoms with Crippen molar-refractivity contribution in [3.63, 3.8) is 0 Å². The number of carboxylic acids is 1. The first-order chi connectivity index (χ1) is 16.3. The zero-order chi connectivity index (χ0) is 24.4. The number of Topliss-reactive ketones (excluding diaryl/α,β-unsaturated/α-hetero) is 1. The average molecular weight is 502 g/mol. The summed E-state index contributed by atoms with van der Waals surface area (Å²) in [4.78, 5) is 41.4. The van der Waals surface area contributed by atoms with Crippen LogP contribution in [0.1, 0.15) is 32.8 Å². The number of halogens is 2. The number of ketones is 1. The molecule has 1 saturated heterocycles. The summed E-state index contributed by atoms with van der Waals surface area (Å²) in [6, 6.07) is 13.1. The standard InChI is InChI=1S/C25H21ClFNO5S/c1-33-13-19(29)28-22(15-6-10-17(27)11-7-15)21(24(30)18-3-2-12-34-18)20(23(28)25(31)32)14-4-8-16(26)9-5-14/h2-12,20-23H,13H2,1H3,(H,31,32). The molecule has 3 aromatic rings. The van der Waals surface area contributed by atoms with Gasteiger partial charge in [0, 0.05) is 18.1 Å². The second kappa shape index (κ2) is 10.0. The largest absolute Gasteiger partial charge is 0.480 e. The Bertz CT molecular complexity index is 1180. The Balaban J connectivity index is 1.97. The van der Waals surface area contributed by atoms with Crippen LogP contribution in [0.15, 0.2) is 66.0 Å². The summed E-state index contributed by atoms with van der Waals surface area (Å²) in [5, 5.41) is 12.5. The lowest BCUT2D eigenvalue weighted by atomic mass is 9.77. The van der Waals surface area contributed by atoms with E-state index in [0.29, 0.717) is 21.0 Å². The molecule has 4 atom stereocenters. The molecule has 1 aromatic heterocycles. The number of carbonyl (C=O) groups excluding carboxylic acids is 2. The van der Waals surface area contributed by atoms with Crippen molar-refractivity contribution in [1.82, 2.24) is 4.90 Å². The van der Waals surface area contributed by atoms with Crippen LogP contribution in [0, 0.1) is 11.7 Å². The first kappa shape index (κ1) is 24.1. The van der Waals surface area contributed by atoms with Crippen molar-refractivity contribution in [2.45, 2.75) is 18.0 Å². The van der Waals surface area contributed by atoms with E-state index in [1.54, 1.807) is 41.8 Å². The Hall–Kier alpha value is -3.07. The molecular weight excluding hydrogens is 481 g/mol. The fourth-order valence-electron chi connectivity index (χ4n) is 4.68. The first-order valence-electron chi connectivity index (χ1n) is 10.4. The summed E-state index contributed by atoms with van der Waals surface area (Å²) in [6.07, 6.45) is 0. The molecule has 1 fully saturated rings. The summed E-state index contributed by atoms with van der Waals surface area (Å²) in [6.45, 7) is -0.366. The third-order valence-electron chi connectivity index (χ3n) is 6.01. The number of rotatable bonds is 7. The van der Waals surface area contributed by atoms with E-state index >= 15 is 0 Å². The molecule has 1 aliphatic heterocycles. The number of nitrogens with zero attached hydrogens (tertiary/aromatic N) is 1. The highest BCUT2D eigenvalue weighted by Gasteiger charge is 2.57. The van der Waals surface area contributed by atoms with Gasteiger partial charge in [-0.25, -0.2) is 9.18 Å². The highest BCUT2D eigenvalue weighted by molar-refractivity contribution is 7.12. The molecule has 176 valence electrons. The molecule has 0 spiro atoms.